The number of hydrogen-bond donors (Lipinski definition) is 2. The number of rotatable bonds is 5. The topological polar surface area (TPSA) is 103 Å². The molecule has 20 heavy (non-hydrogen) atoms. The second-order valence-corrected chi connectivity index (χ2v) is 4.15. The van der Waals surface area contributed by atoms with E-state index in [1.54, 1.807) is 18.3 Å². The van der Waals surface area contributed by atoms with Crippen LogP contribution in [-0.2, 0) is 6.61 Å². The number of aryl methyl sites for hydroxylation is 1. The molecule has 0 unspecified atom stereocenters. The molecule has 0 aliphatic carbocycles. The average molecular weight is 274 g/mol. The van der Waals surface area contributed by atoms with Gasteiger partial charge in [0.05, 0.1) is 11.0 Å². The molecule has 0 atom stereocenters. The van der Waals surface area contributed by atoms with Crippen LogP contribution in [0.25, 0.3) is 0 Å². The van der Waals surface area contributed by atoms with Gasteiger partial charge in [0.25, 0.3) is 5.69 Å². The van der Waals surface area contributed by atoms with Crippen LogP contribution in [0.1, 0.15) is 11.1 Å². The summed E-state index contributed by atoms with van der Waals surface area (Å²) < 4.78 is 5.62. The van der Waals surface area contributed by atoms with Crippen molar-refractivity contribution in [1.29, 1.82) is 0 Å². The first-order chi connectivity index (χ1) is 9.61. The second kappa shape index (κ2) is 5.98. The summed E-state index contributed by atoms with van der Waals surface area (Å²) in [5.41, 5.74) is 4.06. The van der Waals surface area contributed by atoms with Crippen molar-refractivity contribution in [2.75, 3.05) is 5.43 Å². The summed E-state index contributed by atoms with van der Waals surface area (Å²) in [5, 5.41) is 10.8. The molecule has 0 radical (unpaired) electrons. The monoisotopic (exact) mass is 274 g/mol. The Morgan fingerprint density at radius 1 is 1.45 bits per heavy atom. The van der Waals surface area contributed by atoms with Crippen molar-refractivity contribution in [2.24, 2.45) is 5.84 Å². The Labute approximate surface area is 115 Å². The van der Waals surface area contributed by atoms with Gasteiger partial charge in [0.15, 0.2) is 0 Å². The highest BCUT2D eigenvalue weighted by Gasteiger charge is 2.10. The lowest BCUT2D eigenvalue weighted by molar-refractivity contribution is -0.385. The highest BCUT2D eigenvalue weighted by Crippen LogP contribution is 2.25. The molecule has 0 spiro atoms. The molecule has 2 rings (SSSR count). The highest BCUT2D eigenvalue weighted by atomic mass is 16.6. The van der Waals surface area contributed by atoms with Crippen molar-refractivity contribution in [1.82, 2.24) is 4.98 Å². The number of hydrazine groups is 1. The lowest BCUT2D eigenvalue weighted by Crippen LogP contribution is -2.12. The first-order valence-electron chi connectivity index (χ1n) is 5.90. The second-order valence-electron chi connectivity index (χ2n) is 4.15. The third-order valence-electron chi connectivity index (χ3n) is 2.79. The third kappa shape index (κ3) is 3.01. The van der Waals surface area contributed by atoms with Gasteiger partial charge < -0.3 is 10.2 Å². The van der Waals surface area contributed by atoms with Gasteiger partial charge in [-0.05, 0) is 24.6 Å². The molecular formula is C13H14N4O3. The Bertz CT molecular complexity index is 631. The van der Waals surface area contributed by atoms with Gasteiger partial charge in [-0.15, -0.1) is 0 Å². The summed E-state index contributed by atoms with van der Waals surface area (Å²) >= 11 is 0. The van der Waals surface area contributed by atoms with Crippen LogP contribution in [0, 0.1) is 17.0 Å². The lowest BCUT2D eigenvalue weighted by Gasteiger charge is -2.11. The minimum absolute atomic E-state index is 0.00559. The number of anilines is 1. The van der Waals surface area contributed by atoms with Gasteiger partial charge in [0, 0.05) is 17.8 Å². The summed E-state index contributed by atoms with van der Waals surface area (Å²) in [7, 11) is 0. The Balaban J connectivity index is 2.18. The fourth-order valence-electron chi connectivity index (χ4n) is 1.70. The largest absolute Gasteiger partial charge is 0.488 e. The number of aromatic nitrogens is 1. The molecule has 0 bridgehead atoms. The molecule has 104 valence electrons. The van der Waals surface area contributed by atoms with Gasteiger partial charge in [-0.2, -0.15) is 0 Å². The lowest BCUT2D eigenvalue weighted by atomic mass is 10.2. The Morgan fingerprint density at radius 2 is 2.25 bits per heavy atom. The predicted molar refractivity (Wildman–Crippen MR) is 74.2 cm³/mol. The van der Waals surface area contributed by atoms with E-state index in [1.165, 1.54) is 12.1 Å². The molecule has 1 heterocycles. The molecule has 3 N–H and O–H groups in total. The summed E-state index contributed by atoms with van der Waals surface area (Å²) in [5.74, 6) is 6.33. The van der Waals surface area contributed by atoms with Gasteiger partial charge in [0.2, 0.25) is 0 Å². The quantitative estimate of drug-likeness (QED) is 0.492. The fraction of sp³-hybridized carbons (Fsp3) is 0.154. The summed E-state index contributed by atoms with van der Waals surface area (Å²) in [6.07, 6.45) is 1.61. The maximum atomic E-state index is 10.8. The van der Waals surface area contributed by atoms with E-state index in [-0.39, 0.29) is 12.3 Å². The van der Waals surface area contributed by atoms with E-state index in [0.717, 1.165) is 11.1 Å². The van der Waals surface area contributed by atoms with E-state index >= 15 is 0 Å². The molecule has 2 aromatic rings. The molecule has 7 heteroatoms. The maximum absolute atomic E-state index is 10.8. The molecule has 0 fully saturated rings. The van der Waals surface area contributed by atoms with Crippen molar-refractivity contribution in [2.45, 2.75) is 13.5 Å². The number of hydrogen-bond acceptors (Lipinski definition) is 6. The number of nitro groups is 1. The zero-order chi connectivity index (χ0) is 14.5. The van der Waals surface area contributed by atoms with Crippen molar-refractivity contribution in [3.8, 4) is 5.75 Å². The van der Waals surface area contributed by atoms with E-state index in [1.807, 2.05) is 13.0 Å². The number of nitrogen functional groups attached to an aromatic ring is 1. The van der Waals surface area contributed by atoms with Crippen molar-refractivity contribution < 1.29 is 9.66 Å². The fourth-order valence-corrected chi connectivity index (χ4v) is 1.70. The van der Waals surface area contributed by atoms with Gasteiger partial charge in [-0.3, -0.25) is 10.1 Å². The number of nitrogens with two attached hydrogens (primary N) is 1. The van der Waals surface area contributed by atoms with Crippen LogP contribution >= 0.6 is 0 Å². The normalized spacial score (nSPS) is 10.1. The number of ether oxygens (including phenoxy) is 1. The number of pyridine rings is 1. The van der Waals surface area contributed by atoms with Crippen LogP contribution in [-0.4, -0.2) is 9.91 Å². The van der Waals surface area contributed by atoms with Gasteiger partial charge in [-0.1, -0.05) is 6.07 Å². The average Bonchev–Trinajstić information content (AvgIpc) is 2.46. The van der Waals surface area contributed by atoms with Crippen LogP contribution in [0.2, 0.25) is 0 Å². The SMILES string of the molecule is Cc1ccc([N+](=O)[O-])cc1OCc1cccnc1NN. The van der Waals surface area contributed by atoms with Gasteiger partial charge in [0.1, 0.15) is 18.2 Å². The molecule has 7 nitrogen and oxygen atoms in total. The van der Waals surface area contributed by atoms with Crippen molar-refractivity contribution in [3.63, 3.8) is 0 Å². The third-order valence-corrected chi connectivity index (χ3v) is 2.79. The standard InChI is InChI=1S/C13H14N4O3/c1-9-4-5-11(17(18)19)7-12(9)20-8-10-3-2-6-15-13(10)16-14/h2-7H,8,14H2,1H3,(H,15,16). The first kappa shape index (κ1) is 13.8. The molecular weight excluding hydrogens is 260 g/mol. The van der Waals surface area contributed by atoms with Gasteiger partial charge in [-0.25, -0.2) is 10.8 Å². The number of non-ortho nitro benzene ring substituents is 1. The summed E-state index contributed by atoms with van der Waals surface area (Å²) in [4.78, 5) is 14.4. The molecule has 0 saturated heterocycles. The Morgan fingerprint density at radius 3 is 2.95 bits per heavy atom. The molecule has 1 aromatic carbocycles. The first-order valence-corrected chi connectivity index (χ1v) is 5.90. The van der Waals surface area contributed by atoms with Crippen LogP contribution in [0.5, 0.6) is 5.75 Å². The molecule has 0 amide bonds. The molecule has 1 aromatic heterocycles. The van der Waals surface area contributed by atoms with Crippen molar-refractivity contribution in [3.05, 3.63) is 57.8 Å². The van der Waals surface area contributed by atoms with Crippen LogP contribution in [0.4, 0.5) is 11.5 Å². The maximum Gasteiger partial charge on any atom is 0.273 e. The van der Waals surface area contributed by atoms with E-state index in [2.05, 4.69) is 10.4 Å². The van der Waals surface area contributed by atoms with E-state index in [4.69, 9.17) is 10.6 Å². The number of nitrogens with zero attached hydrogens (tertiary/aromatic N) is 2. The van der Waals surface area contributed by atoms with Crippen LogP contribution in [0.15, 0.2) is 36.5 Å². The minimum atomic E-state index is -0.455. The summed E-state index contributed by atoms with van der Waals surface area (Å²) in [6, 6.07) is 8.08. The molecule has 0 aliphatic rings. The number of nitrogens with one attached hydrogen (secondary N) is 1. The molecule has 0 aliphatic heterocycles. The van der Waals surface area contributed by atoms with E-state index < -0.39 is 4.92 Å². The van der Waals surface area contributed by atoms with Crippen LogP contribution < -0.4 is 16.0 Å². The Kier molecular flexibility index (Phi) is 4.11. The van der Waals surface area contributed by atoms with E-state index in [9.17, 15) is 10.1 Å². The summed E-state index contributed by atoms with van der Waals surface area (Å²) in [6.45, 7) is 2.04. The number of nitro benzene ring substituents is 1. The highest BCUT2D eigenvalue weighted by molar-refractivity contribution is 5.45. The number of benzene rings is 1. The predicted octanol–water partition coefficient (Wildman–Crippen LogP) is 2.16. The van der Waals surface area contributed by atoms with Crippen LogP contribution in [0.3, 0.4) is 0 Å². The molecule has 0 saturated carbocycles. The minimum Gasteiger partial charge on any atom is -0.488 e. The zero-order valence-corrected chi connectivity index (χ0v) is 10.9. The van der Waals surface area contributed by atoms with Crippen molar-refractivity contribution >= 4 is 11.5 Å². The Hall–Kier alpha value is -2.67. The zero-order valence-electron chi connectivity index (χ0n) is 10.9. The van der Waals surface area contributed by atoms with E-state index in [0.29, 0.717) is 11.6 Å². The van der Waals surface area contributed by atoms with Gasteiger partial charge >= 0.3 is 0 Å². The smallest absolute Gasteiger partial charge is 0.273 e.